The second kappa shape index (κ2) is 5.20. The molecule has 2 rings (SSSR count). The molecule has 88 valence electrons. The zero-order valence-electron chi connectivity index (χ0n) is 8.78. The van der Waals surface area contributed by atoms with E-state index in [2.05, 4.69) is 20.5 Å². The fourth-order valence-corrected chi connectivity index (χ4v) is 2.86. The van der Waals surface area contributed by atoms with Crippen LogP contribution in [0.15, 0.2) is 9.59 Å². The van der Waals surface area contributed by atoms with Gasteiger partial charge >= 0.3 is 5.69 Å². The lowest BCUT2D eigenvalue weighted by Gasteiger charge is -2.21. The number of anilines is 1. The van der Waals surface area contributed by atoms with E-state index in [-0.39, 0.29) is 5.82 Å². The van der Waals surface area contributed by atoms with Crippen molar-refractivity contribution in [1.29, 1.82) is 0 Å². The van der Waals surface area contributed by atoms with Gasteiger partial charge in [-0.2, -0.15) is 11.8 Å². The molecule has 0 radical (unpaired) electrons. The highest BCUT2D eigenvalue weighted by Crippen LogP contribution is 2.22. The van der Waals surface area contributed by atoms with Gasteiger partial charge < -0.3 is 5.32 Å². The molecule has 0 spiro atoms. The number of thioether (sulfide) groups is 1. The lowest BCUT2D eigenvalue weighted by Crippen LogP contribution is -2.29. The summed E-state index contributed by atoms with van der Waals surface area (Å²) in [6.45, 7) is 0.739. The van der Waals surface area contributed by atoms with Gasteiger partial charge in [0.2, 0.25) is 5.82 Å². The van der Waals surface area contributed by atoms with Gasteiger partial charge in [0.15, 0.2) is 0 Å². The van der Waals surface area contributed by atoms with Gasteiger partial charge in [-0.05, 0) is 30.3 Å². The van der Waals surface area contributed by atoms with E-state index in [1.54, 1.807) is 0 Å². The van der Waals surface area contributed by atoms with Crippen LogP contribution in [0.3, 0.4) is 0 Å². The van der Waals surface area contributed by atoms with Crippen molar-refractivity contribution in [1.82, 2.24) is 15.2 Å². The van der Waals surface area contributed by atoms with Crippen LogP contribution >= 0.6 is 11.8 Å². The zero-order chi connectivity index (χ0) is 11.4. The van der Waals surface area contributed by atoms with Gasteiger partial charge in [0, 0.05) is 6.54 Å². The van der Waals surface area contributed by atoms with Crippen molar-refractivity contribution in [2.24, 2.45) is 5.92 Å². The van der Waals surface area contributed by atoms with Gasteiger partial charge in [0.1, 0.15) is 0 Å². The van der Waals surface area contributed by atoms with Crippen LogP contribution in [0.4, 0.5) is 5.82 Å². The highest BCUT2D eigenvalue weighted by molar-refractivity contribution is 7.99. The zero-order valence-corrected chi connectivity index (χ0v) is 9.60. The summed E-state index contributed by atoms with van der Waals surface area (Å²) in [5, 5.41) is 8.84. The van der Waals surface area contributed by atoms with Gasteiger partial charge in [-0.3, -0.25) is 9.78 Å². The maximum atomic E-state index is 11.3. The second-order valence-corrected chi connectivity index (χ2v) is 5.02. The van der Waals surface area contributed by atoms with Crippen LogP contribution in [0.1, 0.15) is 12.8 Å². The Balaban J connectivity index is 1.93. The Hall–Kier alpha value is -1.24. The Morgan fingerprint density at radius 2 is 2.12 bits per heavy atom. The summed E-state index contributed by atoms with van der Waals surface area (Å²) in [6, 6.07) is 0. The molecule has 1 fully saturated rings. The topological polar surface area (TPSA) is 90.6 Å². The largest absolute Gasteiger partial charge is 0.364 e. The standard InChI is InChI=1S/C9H14N4O2S/c14-8-7(12-13-9(15)11-8)10-5-6-1-3-16-4-2-6/h6H,1-5H2,(H,10,12)(H2,11,13,14,15). The molecular weight excluding hydrogens is 228 g/mol. The van der Waals surface area contributed by atoms with Crippen LogP contribution < -0.4 is 16.6 Å². The number of aromatic nitrogens is 3. The minimum absolute atomic E-state index is 0.192. The molecule has 7 heteroatoms. The Morgan fingerprint density at radius 1 is 1.38 bits per heavy atom. The molecule has 0 aliphatic carbocycles. The normalized spacial score (nSPS) is 17.2. The predicted octanol–water partition coefficient (Wildman–Crippen LogP) is 0.0133. The summed E-state index contributed by atoms with van der Waals surface area (Å²) in [6.07, 6.45) is 2.33. The lowest BCUT2D eigenvalue weighted by atomic mass is 10.0. The highest BCUT2D eigenvalue weighted by atomic mass is 32.2. The molecule has 1 aliphatic rings. The second-order valence-electron chi connectivity index (χ2n) is 3.79. The first-order valence-electron chi connectivity index (χ1n) is 5.26. The van der Waals surface area contributed by atoms with Crippen molar-refractivity contribution in [3.63, 3.8) is 0 Å². The number of aromatic amines is 2. The molecule has 16 heavy (non-hydrogen) atoms. The number of rotatable bonds is 3. The van der Waals surface area contributed by atoms with Crippen LogP contribution in [0.5, 0.6) is 0 Å². The average molecular weight is 242 g/mol. The molecule has 1 aliphatic heterocycles. The fourth-order valence-electron chi connectivity index (χ4n) is 1.66. The Labute approximate surface area is 96.2 Å². The quantitative estimate of drug-likeness (QED) is 0.695. The third-order valence-electron chi connectivity index (χ3n) is 2.61. The summed E-state index contributed by atoms with van der Waals surface area (Å²) < 4.78 is 0. The maximum Gasteiger partial charge on any atom is 0.342 e. The van der Waals surface area contributed by atoms with E-state index < -0.39 is 11.2 Å². The number of nitrogens with zero attached hydrogens (tertiary/aromatic N) is 1. The van der Waals surface area contributed by atoms with Crippen LogP contribution in [0.25, 0.3) is 0 Å². The minimum Gasteiger partial charge on any atom is -0.364 e. The Kier molecular flexibility index (Phi) is 3.66. The van der Waals surface area contributed by atoms with Crippen molar-refractivity contribution in [3.05, 3.63) is 20.8 Å². The fraction of sp³-hybridized carbons (Fsp3) is 0.667. The van der Waals surface area contributed by atoms with E-state index in [1.807, 2.05) is 11.8 Å². The van der Waals surface area contributed by atoms with Gasteiger partial charge in [-0.1, -0.05) is 0 Å². The molecule has 2 heterocycles. The molecule has 0 aromatic carbocycles. The van der Waals surface area contributed by atoms with Gasteiger partial charge in [-0.15, -0.1) is 5.10 Å². The monoisotopic (exact) mass is 242 g/mol. The van der Waals surface area contributed by atoms with E-state index in [1.165, 1.54) is 24.3 Å². The van der Waals surface area contributed by atoms with Crippen LogP contribution in [0.2, 0.25) is 0 Å². The van der Waals surface area contributed by atoms with Crippen molar-refractivity contribution in [2.75, 3.05) is 23.4 Å². The van der Waals surface area contributed by atoms with Gasteiger partial charge in [-0.25, -0.2) is 9.89 Å². The summed E-state index contributed by atoms with van der Waals surface area (Å²) in [5.41, 5.74) is -1.04. The van der Waals surface area contributed by atoms with Crippen molar-refractivity contribution < 1.29 is 0 Å². The maximum absolute atomic E-state index is 11.3. The molecule has 1 saturated heterocycles. The Bertz CT molecular complexity index is 449. The summed E-state index contributed by atoms with van der Waals surface area (Å²) >= 11 is 1.97. The molecule has 3 N–H and O–H groups in total. The van der Waals surface area contributed by atoms with E-state index in [0.29, 0.717) is 5.92 Å². The predicted molar refractivity (Wildman–Crippen MR) is 64.0 cm³/mol. The minimum atomic E-state index is -0.579. The lowest BCUT2D eigenvalue weighted by molar-refractivity contribution is 0.514. The first kappa shape index (κ1) is 11.3. The Morgan fingerprint density at radius 3 is 2.81 bits per heavy atom. The summed E-state index contributed by atoms with van der Waals surface area (Å²) in [5.74, 6) is 3.15. The summed E-state index contributed by atoms with van der Waals surface area (Å²) in [7, 11) is 0. The molecule has 6 nitrogen and oxygen atoms in total. The average Bonchev–Trinajstić information content (AvgIpc) is 2.29. The number of hydrogen-bond acceptors (Lipinski definition) is 5. The van der Waals surface area contributed by atoms with E-state index in [4.69, 9.17) is 0 Å². The van der Waals surface area contributed by atoms with Gasteiger partial charge in [0.05, 0.1) is 0 Å². The van der Waals surface area contributed by atoms with Crippen LogP contribution in [-0.4, -0.2) is 33.2 Å². The SMILES string of the molecule is O=c1[nH]nc(NCC2CCSCC2)c(=O)[nH]1. The molecule has 0 amide bonds. The van der Waals surface area contributed by atoms with E-state index in [9.17, 15) is 9.59 Å². The molecular formula is C9H14N4O2S. The van der Waals surface area contributed by atoms with Crippen molar-refractivity contribution in [2.45, 2.75) is 12.8 Å². The third-order valence-corrected chi connectivity index (χ3v) is 3.66. The molecule has 0 bridgehead atoms. The first-order valence-corrected chi connectivity index (χ1v) is 6.42. The molecule has 1 aromatic rings. The number of nitrogens with one attached hydrogen (secondary N) is 3. The number of H-pyrrole nitrogens is 2. The molecule has 0 unspecified atom stereocenters. The van der Waals surface area contributed by atoms with Crippen molar-refractivity contribution >= 4 is 17.6 Å². The molecule has 0 saturated carbocycles. The summed E-state index contributed by atoms with van der Waals surface area (Å²) in [4.78, 5) is 24.2. The smallest absolute Gasteiger partial charge is 0.342 e. The first-order chi connectivity index (χ1) is 7.75. The van der Waals surface area contributed by atoms with E-state index >= 15 is 0 Å². The van der Waals surface area contributed by atoms with Crippen LogP contribution in [-0.2, 0) is 0 Å². The number of hydrogen-bond donors (Lipinski definition) is 3. The van der Waals surface area contributed by atoms with Crippen molar-refractivity contribution in [3.8, 4) is 0 Å². The molecule has 0 atom stereocenters. The van der Waals surface area contributed by atoms with Crippen LogP contribution in [0, 0.1) is 5.92 Å². The van der Waals surface area contributed by atoms with Gasteiger partial charge in [0.25, 0.3) is 5.56 Å². The molecule has 1 aromatic heterocycles. The highest BCUT2D eigenvalue weighted by Gasteiger charge is 2.14. The third kappa shape index (κ3) is 2.88. The van der Waals surface area contributed by atoms with E-state index in [0.717, 1.165) is 6.54 Å².